The van der Waals surface area contributed by atoms with E-state index in [1.807, 2.05) is 13.8 Å². The molecule has 0 saturated heterocycles. The van der Waals surface area contributed by atoms with Gasteiger partial charge in [-0.2, -0.15) is 0 Å². The standard InChI is InChI=1S/C17H22O6/c1-4-8-22-16(19)13(17(20)23-9-5-2)10-12-6-7-14(18)15(11-12)21-3/h6-7,10-11,18H,4-5,8-9H2,1-3H3. The number of rotatable bonds is 8. The predicted octanol–water partition coefficient (Wildman–Crippen LogP) is 2.69. The number of phenols is 1. The molecular formula is C17H22O6. The van der Waals surface area contributed by atoms with Crippen molar-refractivity contribution in [2.24, 2.45) is 0 Å². The van der Waals surface area contributed by atoms with E-state index >= 15 is 0 Å². The molecule has 0 saturated carbocycles. The van der Waals surface area contributed by atoms with E-state index in [-0.39, 0.29) is 30.3 Å². The smallest absolute Gasteiger partial charge is 0.345 e. The highest BCUT2D eigenvalue weighted by atomic mass is 16.6. The Morgan fingerprint density at radius 1 is 1.09 bits per heavy atom. The fourth-order valence-electron chi connectivity index (χ4n) is 1.70. The van der Waals surface area contributed by atoms with E-state index in [4.69, 9.17) is 14.2 Å². The average molecular weight is 322 g/mol. The minimum Gasteiger partial charge on any atom is -0.504 e. The lowest BCUT2D eigenvalue weighted by atomic mass is 10.1. The second-order valence-electron chi connectivity index (χ2n) is 4.76. The maximum absolute atomic E-state index is 12.1. The van der Waals surface area contributed by atoms with Gasteiger partial charge in [-0.15, -0.1) is 0 Å². The van der Waals surface area contributed by atoms with E-state index in [1.54, 1.807) is 6.07 Å². The van der Waals surface area contributed by atoms with Gasteiger partial charge in [-0.25, -0.2) is 9.59 Å². The number of hydrogen-bond acceptors (Lipinski definition) is 6. The Morgan fingerprint density at radius 2 is 1.65 bits per heavy atom. The van der Waals surface area contributed by atoms with Crippen molar-refractivity contribution in [2.45, 2.75) is 26.7 Å². The number of carbonyl (C=O) groups excluding carboxylic acids is 2. The molecule has 126 valence electrons. The molecule has 23 heavy (non-hydrogen) atoms. The van der Waals surface area contributed by atoms with Crippen LogP contribution >= 0.6 is 0 Å². The third kappa shape index (κ3) is 5.65. The van der Waals surface area contributed by atoms with Crippen molar-refractivity contribution in [3.8, 4) is 11.5 Å². The van der Waals surface area contributed by atoms with Crippen molar-refractivity contribution in [3.05, 3.63) is 29.3 Å². The van der Waals surface area contributed by atoms with Crippen LogP contribution in [0.5, 0.6) is 11.5 Å². The van der Waals surface area contributed by atoms with Crippen LogP contribution in [0.1, 0.15) is 32.3 Å². The number of esters is 2. The summed E-state index contributed by atoms with van der Waals surface area (Å²) < 4.78 is 15.0. The van der Waals surface area contributed by atoms with Crippen molar-refractivity contribution < 1.29 is 28.9 Å². The summed E-state index contributed by atoms with van der Waals surface area (Å²) in [5, 5.41) is 9.59. The van der Waals surface area contributed by atoms with E-state index in [9.17, 15) is 14.7 Å². The molecule has 0 unspecified atom stereocenters. The molecule has 0 amide bonds. The molecule has 0 atom stereocenters. The molecule has 0 aliphatic carbocycles. The topological polar surface area (TPSA) is 82.1 Å². The number of aromatic hydroxyl groups is 1. The van der Waals surface area contributed by atoms with Gasteiger partial charge < -0.3 is 19.3 Å². The van der Waals surface area contributed by atoms with Crippen molar-refractivity contribution in [1.29, 1.82) is 0 Å². The van der Waals surface area contributed by atoms with Crippen LogP contribution < -0.4 is 4.74 Å². The van der Waals surface area contributed by atoms with Gasteiger partial charge in [0.05, 0.1) is 20.3 Å². The van der Waals surface area contributed by atoms with E-state index in [1.165, 1.54) is 25.3 Å². The number of carbonyl (C=O) groups is 2. The van der Waals surface area contributed by atoms with Gasteiger partial charge in [-0.05, 0) is 36.6 Å². The Hall–Kier alpha value is -2.50. The Morgan fingerprint density at radius 3 is 2.13 bits per heavy atom. The number of methoxy groups -OCH3 is 1. The normalized spacial score (nSPS) is 9.87. The molecule has 0 radical (unpaired) electrons. The molecule has 0 fully saturated rings. The molecule has 0 aromatic heterocycles. The zero-order chi connectivity index (χ0) is 17.2. The second kappa shape index (κ2) is 9.50. The van der Waals surface area contributed by atoms with Gasteiger partial charge in [0.1, 0.15) is 5.57 Å². The monoisotopic (exact) mass is 322 g/mol. The molecule has 0 heterocycles. The summed E-state index contributed by atoms with van der Waals surface area (Å²) in [6.45, 7) is 4.15. The van der Waals surface area contributed by atoms with Crippen LogP contribution in [0.25, 0.3) is 6.08 Å². The molecule has 0 spiro atoms. The first-order valence-electron chi connectivity index (χ1n) is 7.46. The minimum atomic E-state index is -0.736. The minimum absolute atomic E-state index is 0.0340. The summed E-state index contributed by atoms with van der Waals surface area (Å²) in [6, 6.07) is 4.48. The zero-order valence-corrected chi connectivity index (χ0v) is 13.6. The highest BCUT2D eigenvalue weighted by Gasteiger charge is 2.21. The molecule has 6 heteroatoms. The lowest BCUT2D eigenvalue weighted by molar-refractivity contribution is -0.147. The molecule has 0 aliphatic heterocycles. The van der Waals surface area contributed by atoms with Gasteiger partial charge >= 0.3 is 11.9 Å². The van der Waals surface area contributed by atoms with Crippen molar-refractivity contribution >= 4 is 18.0 Å². The van der Waals surface area contributed by atoms with Crippen LogP contribution in [-0.2, 0) is 19.1 Å². The molecule has 1 aromatic rings. The van der Waals surface area contributed by atoms with Gasteiger partial charge in [0.25, 0.3) is 0 Å². The third-order valence-electron chi connectivity index (χ3n) is 2.83. The van der Waals surface area contributed by atoms with E-state index < -0.39 is 11.9 Å². The Labute approximate surface area is 135 Å². The first-order chi connectivity index (χ1) is 11.0. The first kappa shape index (κ1) is 18.5. The van der Waals surface area contributed by atoms with Gasteiger partial charge in [0.2, 0.25) is 0 Å². The Kier molecular flexibility index (Phi) is 7.66. The van der Waals surface area contributed by atoms with Crippen LogP contribution in [0.2, 0.25) is 0 Å². The summed E-state index contributed by atoms with van der Waals surface area (Å²) in [5.74, 6) is -1.27. The molecule has 1 rings (SSSR count). The number of hydrogen-bond donors (Lipinski definition) is 1. The van der Waals surface area contributed by atoms with E-state index in [2.05, 4.69) is 0 Å². The van der Waals surface area contributed by atoms with Gasteiger partial charge in [-0.1, -0.05) is 19.9 Å². The summed E-state index contributed by atoms with van der Waals surface area (Å²) >= 11 is 0. The van der Waals surface area contributed by atoms with Crippen LogP contribution in [-0.4, -0.2) is 37.4 Å². The molecule has 1 N–H and O–H groups in total. The molecule has 0 bridgehead atoms. The van der Waals surface area contributed by atoms with Gasteiger partial charge in [0, 0.05) is 0 Å². The summed E-state index contributed by atoms with van der Waals surface area (Å²) in [4.78, 5) is 24.1. The average Bonchev–Trinajstić information content (AvgIpc) is 2.56. The summed E-state index contributed by atoms with van der Waals surface area (Å²) in [5.41, 5.74) is 0.316. The molecule has 6 nitrogen and oxygen atoms in total. The van der Waals surface area contributed by atoms with Crippen molar-refractivity contribution in [1.82, 2.24) is 0 Å². The van der Waals surface area contributed by atoms with Crippen LogP contribution in [0.4, 0.5) is 0 Å². The summed E-state index contributed by atoms with van der Waals surface area (Å²) in [6.07, 6.45) is 2.66. The number of phenolic OH excluding ortho intramolecular Hbond substituents is 1. The zero-order valence-electron chi connectivity index (χ0n) is 13.6. The maximum atomic E-state index is 12.1. The third-order valence-corrected chi connectivity index (χ3v) is 2.83. The SMILES string of the molecule is CCCOC(=O)C(=Cc1ccc(O)c(OC)c1)C(=O)OCCC. The van der Waals surface area contributed by atoms with E-state index in [0.717, 1.165) is 0 Å². The molecule has 1 aromatic carbocycles. The lowest BCUT2D eigenvalue weighted by Crippen LogP contribution is -2.19. The first-order valence-corrected chi connectivity index (χ1v) is 7.46. The fourth-order valence-corrected chi connectivity index (χ4v) is 1.70. The number of ether oxygens (including phenoxy) is 3. The van der Waals surface area contributed by atoms with Crippen molar-refractivity contribution in [2.75, 3.05) is 20.3 Å². The quantitative estimate of drug-likeness (QED) is 0.343. The lowest BCUT2D eigenvalue weighted by Gasteiger charge is -2.09. The van der Waals surface area contributed by atoms with Gasteiger partial charge in [-0.3, -0.25) is 0 Å². The van der Waals surface area contributed by atoms with Gasteiger partial charge in [0.15, 0.2) is 11.5 Å². The highest BCUT2D eigenvalue weighted by molar-refractivity contribution is 6.17. The van der Waals surface area contributed by atoms with Crippen LogP contribution in [0, 0.1) is 0 Å². The second-order valence-corrected chi connectivity index (χ2v) is 4.76. The highest BCUT2D eigenvalue weighted by Crippen LogP contribution is 2.27. The number of benzene rings is 1. The predicted molar refractivity (Wildman–Crippen MR) is 85.1 cm³/mol. The Bertz CT molecular complexity index is 554. The van der Waals surface area contributed by atoms with E-state index in [0.29, 0.717) is 18.4 Å². The molecular weight excluding hydrogens is 300 g/mol. The summed E-state index contributed by atoms with van der Waals surface area (Å²) in [7, 11) is 1.41. The maximum Gasteiger partial charge on any atom is 0.345 e. The largest absolute Gasteiger partial charge is 0.504 e. The van der Waals surface area contributed by atoms with Crippen LogP contribution in [0.3, 0.4) is 0 Å². The molecule has 0 aliphatic rings. The van der Waals surface area contributed by atoms with Crippen molar-refractivity contribution in [3.63, 3.8) is 0 Å². The Balaban J connectivity index is 3.11. The van der Waals surface area contributed by atoms with Crippen LogP contribution in [0.15, 0.2) is 23.8 Å². The fraction of sp³-hybridized carbons (Fsp3) is 0.412.